The molecule has 1 atom stereocenters. The summed E-state index contributed by atoms with van der Waals surface area (Å²) >= 11 is 11.9. The van der Waals surface area contributed by atoms with Gasteiger partial charge in [-0.3, -0.25) is 0 Å². The van der Waals surface area contributed by atoms with E-state index in [1.807, 2.05) is 12.1 Å². The van der Waals surface area contributed by atoms with Gasteiger partial charge in [0.2, 0.25) is 0 Å². The van der Waals surface area contributed by atoms with E-state index in [2.05, 4.69) is 19.2 Å². The van der Waals surface area contributed by atoms with Gasteiger partial charge in [-0.15, -0.1) is 0 Å². The third kappa shape index (κ3) is 3.95. The van der Waals surface area contributed by atoms with E-state index in [9.17, 15) is 0 Å². The number of rotatable bonds is 5. The van der Waals surface area contributed by atoms with Crippen LogP contribution in [0.2, 0.25) is 10.0 Å². The van der Waals surface area contributed by atoms with Crippen molar-refractivity contribution in [2.45, 2.75) is 26.4 Å². The highest BCUT2D eigenvalue weighted by Gasteiger charge is 2.11. The lowest BCUT2D eigenvalue weighted by Gasteiger charge is -2.20. The molecular formula is C12H18Cl2N2. The zero-order valence-corrected chi connectivity index (χ0v) is 11.1. The predicted octanol–water partition coefficient (Wildman–Crippen LogP) is 3.07. The molecular weight excluding hydrogens is 243 g/mol. The maximum Gasteiger partial charge on any atom is 0.0465 e. The van der Waals surface area contributed by atoms with Gasteiger partial charge in [-0.25, -0.2) is 0 Å². The zero-order chi connectivity index (χ0) is 12.1. The Labute approximate surface area is 107 Å². The maximum atomic E-state index is 6.08. The fraction of sp³-hybridized carbons (Fsp3) is 0.500. The Morgan fingerprint density at radius 2 is 2.00 bits per heavy atom. The molecule has 1 rings (SSSR count). The van der Waals surface area contributed by atoms with E-state index in [1.54, 1.807) is 6.07 Å². The lowest BCUT2D eigenvalue weighted by Crippen LogP contribution is -2.39. The van der Waals surface area contributed by atoms with E-state index >= 15 is 0 Å². The molecule has 90 valence electrons. The van der Waals surface area contributed by atoms with Gasteiger partial charge >= 0.3 is 0 Å². The molecule has 0 heterocycles. The summed E-state index contributed by atoms with van der Waals surface area (Å²) in [7, 11) is 0. The second-order valence-electron chi connectivity index (χ2n) is 4.20. The van der Waals surface area contributed by atoms with Crippen LogP contribution >= 0.6 is 23.2 Å². The number of hydrogen-bond acceptors (Lipinski definition) is 2. The molecule has 3 N–H and O–H groups in total. The number of nitrogens with two attached hydrogens (primary N) is 1. The molecule has 0 saturated heterocycles. The number of nitrogens with one attached hydrogen (secondary N) is 1. The molecule has 0 aliphatic carbocycles. The van der Waals surface area contributed by atoms with Crippen LogP contribution in [0.5, 0.6) is 0 Å². The van der Waals surface area contributed by atoms with Gasteiger partial charge in [0.05, 0.1) is 0 Å². The van der Waals surface area contributed by atoms with Crippen molar-refractivity contribution in [3.63, 3.8) is 0 Å². The zero-order valence-electron chi connectivity index (χ0n) is 9.63. The maximum absolute atomic E-state index is 6.08. The van der Waals surface area contributed by atoms with Gasteiger partial charge in [0.15, 0.2) is 0 Å². The summed E-state index contributed by atoms with van der Waals surface area (Å²) in [5.41, 5.74) is 6.73. The summed E-state index contributed by atoms with van der Waals surface area (Å²) in [6.45, 7) is 5.64. The molecule has 0 fully saturated rings. The molecule has 4 heteroatoms. The van der Waals surface area contributed by atoms with Crippen molar-refractivity contribution in [2.75, 3.05) is 6.54 Å². The Bertz CT molecular complexity index is 340. The van der Waals surface area contributed by atoms with Crippen LogP contribution in [-0.2, 0) is 6.54 Å². The van der Waals surface area contributed by atoms with Gasteiger partial charge in [0.1, 0.15) is 0 Å². The van der Waals surface area contributed by atoms with E-state index in [0.717, 1.165) is 12.1 Å². The largest absolute Gasteiger partial charge is 0.329 e. The van der Waals surface area contributed by atoms with Crippen LogP contribution in [0.1, 0.15) is 19.4 Å². The average molecular weight is 261 g/mol. The molecule has 0 aromatic heterocycles. The summed E-state index contributed by atoms with van der Waals surface area (Å²) < 4.78 is 0. The lowest BCUT2D eigenvalue weighted by molar-refractivity contribution is 0.405. The smallest absolute Gasteiger partial charge is 0.0465 e. The Morgan fingerprint density at radius 3 is 2.50 bits per heavy atom. The first-order valence-electron chi connectivity index (χ1n) is 5.42. The first kappa shape index (κ1) is 13.8. The molecule has 0 aliphatic rings. The van der Waals surface area contributed by atoms with Crippen LogP contribution in [-0.4, -0.2) is 12.6 Å². The van der Waals surface area contributed by atoms with Gasteiger partial charge in [0, 0.05) is 29.2 Å². The van der Waals surface area contributed by atoms with Crippen LogP contribution in [0.25, 0.3) is 0 Å². The molecule has 0 saturated carbocycles. The summed E-state index contributed by atoms with van der Waals surface area (Å²) in [5.74, 6) is 0.510. The summed E-state index contributed by atoms with van der Waals surface area (Å²) in [5, 5.41) is 4.75. The van der Waals surface area contributed by atoms with Crippen LogP contribution in [0, 0.1) is 5.92 Å². The Balaban J connectivity index is 2.60. The van der Waals surface area contributed by atoms with Gasteiger partial charge in [0.25, 0.3) is 0 Å². The minimum absolute atomic E-state index is 0.312. The molecule has 0 amide bonds. The van der Waals surface area contributed by atoms with E-state index in [4.69, 9.17) is 28.9 Å². The standard InChI is InChI=1S/C12H18Cl2N2/c1-8(2)12(6-15)16-7-9-3-4-10(13)5-11(9)14/h3-5,8,12,16H,6-7,15H2,1-2H3. The highest BCUT2D eigenvalue weighted by atomic mass is 35.5. The van der Waals surface area contributed by atoms with Gasteiger partial charge in [-0.1, -0.05) is 43.1 Å². The van der Waals surface area contributed by atoms with Gasteiger partial charge in [-0.2, -0.15) is 0 Å². The lowest BCUT2D eigenvalue weighted by atomic mass is 10.0. The van der Waals surface area contributed by atoms with Crippen molar-refractivity contribution in [3.05, 3.63) is 33.8 Å². The summed E-state index contributed by atoms with van der Waals surface area (Å²) in [4.78, 5) is 0. The fourth-order valence-corrected chi connectivity index (χ4v) is 1.97. The van der Waals surface area contributed by atoms with Crippen molar-refractivity contribution in [1.82, 2.24) is 5.32 Å². The third-order valence-corrected chi connectivity index (χ3v) is 3.22. The topological polar surface area (TPSA) is 38.0 Å². The molecule has 16 heavy (non-hydrogen) atoms. The minimum atomic E-state index is 0.312. The quantitative estimate of drug-likeness (QED) is 0.854. The predicted molar refractivity (Wildman–Crippen MR) is 71.0 cm³/mol. The third-order valence-electron chi connectivity index (χ3n) is 2.63. The number of halogens is 2. The Morgan fingerprint density at radius 1 is 1.31 bits per heavy atom. The monoisotopic (exact) mass is 260 g/mol. The van der Waals surface area contributed by atoms with Crippen molar-refractivity contribution in [2.24, 2.45) is 11.7 Å². The normalized spacial score (nSPS) is 13.1. The number of hydrogen-bond donors (Lipinski definition) is 2. The minimum Gasteiger partial charge on any atom is -0.329 e. The molecule has 2 nitrogen and oxygen atoms in total. The summed E-state index contributed by atoms with van der Waals surface area (Å²) in [6, 6.07) is 5.85. The van der Waals surface area contributed by atoms with Crippen LogP contribution in [0.4, 0.5) is 0 Å². The van der Waals surface area contributed by atoms with Gasteiger partial charge < -0.3 is 11.1 Å². The molecule has 1 unspecified atom stereocenters. The SMILES string of the molecule is CC(C)C(CN)NCc1ccc(Cl)cc1Cl. The molecule has 0 spiro atoms. The molecule has 0 bridgehead atoms. The van der Waals surface area contributed by atoms with Crippen molar-refractivity contribution in [1.29, 1.82) is 0 Å². The van der Waals surface area contributed by atoms with Crippen LogP contribution in [0.15, 0.2) is 18.2 Å². The van der Waals surface area contributed by atoms with Crippen molar-refractivity contribution < 1.29 is 0 Å². The first-order valence-corrected chi connectivity index (χ1v) is 6.17. The van der Waals surface area contributed by atoms with Gasteiger partial charge in [-0.05, 0) is 23.6 Å². The highest BCUT2D eigenvalue weighted by molar-refractivity contribution is 6.35. The molecule has 0 aliphatic heterocycles. The Hall–Kier alpha value is -0.280. The van der Waals surface area contributed by atoms with E-state index < -0.39 is 0 Å². The van der Waals surface area contributed by atoms with Crippen LogP contribution < -0.4 is 11.1 Å². The first-order chi connectivity index (χ1) is 7.54. The van der Waals surface area contributed by atoms with E-state index in [0.29, 0.717) is 28.5 Å². The average Bonchev–Trinajstić information content (AvgIpc) is 2.21. The molecule has 1 aromatic rings. The van der Waals surface area contributed by atoms with Crippen molar-refractivity contribution in [3.8, 4) is 0 Å². The highest BCUT2D eigenvalue weighted by Crippen LogP contribution is 2.21. The molecule has 1 aromatic carbocycles. The molecule has 0 radical (unpaired) electrons. The van der Waals surface area contributed by atoms with E-state index in [1.165, 1.54) is 0 Å². The van der Waals surface area contributed by atoms with Crippen molar-refractivity contribution >= 4 is 23.2 Å². The fourth-order valence-electron chi connectivity index (χ4n) is 1.50. The summed E-state index contributed by atoms with van der Waals surface area (Å²) in [6.07, 6.45) is 0. The second-order valence-corrected chi connectivity index (χ2v) is 5.05. The Kier molecular flexibility index (Phi) is 5.56. The van der Waals surface area contributed by atoms with E-state index in [-0.39, 0.29) is 0 Å². The van der Waals surface area contributed by atoms with Crippen LogP contribution in [0.3, 0.4) is 0 Å². The number of benzene rings is 1. The second kappa shape index (κ2) is 6.45.